The van der Waals surface area contributed by atoms with E-state index in [0.29, 0.717) is 5.84 Å². The zero-order valence-corrected chi connectivity index (χ0v) is 46.2. The maximum atomic E-state index is 5.71. The first-order chi connectivity index (χ1) is 40.9. The second kappa shape index (κ2) is 19.4. The summed E-state index contributed by atoms with van der Waals surface area (Å²) in [5.74, 6) is 1.80. The molecule has 0 spiro atoms. The third-order valence-electron chi connectivity index (χ3n) is 17.9. The Labute approximate surface area is 483 Å². The van der Waals surface area contributed by atoms with Crippen molar-refractivity contribution in [1.82, 2.24) is 14.5 Å². The van der Waals surface area contributed by atoms with E-state index in [0.717, 1.165) is 73.6 Å². The number of aliphatic imine (C=N–C) groups is 2. The Hall–Kier alpha value is -10.4. The monoisotopic (exact) mass is 1060 g/mol. The molecular formula is C78H57N5. The number of para-hydroxylation sites is 2. The quantitative estimate of drug-likeness (QED) is 0.154. The number of nitrogens with zero attached hydrogens (tertiary/aromatic N) is 4. The number of nitrogens with one attached hydrogen (secondary N) is 1. The molecule has 0 amide bonds. The fraction of sp³-hybridized carbons (Fsp3) is 0.0769. The number of rotatable bonds is 9. The number of allylic oxidation sites excluding steroid dienone is 3. The summed E-state index contributed by atoms with van der Waals surface area (Å²) in [4.78, 5) is 11.2. The number of benzene rings is 11. The molecule has 3 heterocycles. The standard InChI is InChI=1S/C78H57N5/c1-78(2)66-33-17-15-29-59(66)65-47-57(43-46-67(65)78)76-79-75(54-39-37-53(38-40-54)50-21-7-3-8-22-50)80-77(81-76)64-45-42-56(52-25-11-5-12-26-52)49-72(64)83-70-36-20-32-61(74(70)63-44-41-55(48-71(63)83)51-23-9-4-10-24-51)60-31-19-35-69-73(60)62-30-16-18-34-68(62)82(69)58-27-13-6-14-28-58/h3-46,48-49,65,77H,47H2,1-2H3,(H,79,80,81). The third kappa shape index (κ3) is 7.98. The normalized spacial score (nSPS) is 16.3. The predicted molar refractivity (Wildman–Crippen MR) is 346 cm³/mol. The summed E-state index contributed by atoms with van der Waals surface area (Å²) < 4.78 is 4.94. The largest absolute Gasteiger partial charge is 0.344 e. The topological polar surface area (TPSA) is 46.6 Å². The van der Waals surface area contributed by atoms with Gasteiger partial charge in [-0.1, -0.05) is 256 Å². The summed E-state index contributed by atoms with van der Waals surface area (Å²) in [6.45, 7) is 4.75. The van der Waals surface area contributed by atoms with Crippen molar-refractivity contribution < 1.29 is 0 Å². The Morgan fingerprint density at radius 3 is 1.65 bits per heavy atom. The smallest absolute Gasteiger partial charge is 0.159 e. The molecule has 2 unspecified atom stereocenters. The molecule has 0 saturated heterocycles. The van der Waals surface area contributed by atoms with Gasteiger partial charge >= 0.3 is 0 Å². The summed E-state index contributed by atoms with van der Waals surface area (Å²) in [6, 6.07) is 97.3. The van der Waals surface area contributed by atoms with Crippen LogP contribution >= 0.6 is 0 Å². The van der Waals surface area contributed by atoms with Crippen molar-refractivity contribution in [3.05, 3.63) is 312 Å². The molecule has 16 rings (SSSR count). The van der Waals surface area contributed by atoms with E-state index in [1.54, 1.807) is 0 Å². The molecular weight excluding hydrogens is 1010 g/mol. The third-order valence-corrected chi connectivity index (χ3v) is 17.9. The number of hydrogen-bond acceptors (Lipinski definition) is 3. The van der Waals surface area contributed by atoms with Gasteiger partial charge in [-0.3, -0.25) is 0 Å². The van der Waals surface area contributed by atoms with Gasteiger partial charge in [-0.25, -0.2) is 9.98 Å². The average molecular weight is 1060 g/mol. The predicted octanol–water partition coefficient (Wildman–Crippen LogP) is 19.3. The van der Waals surface area contributed by atoms with Crippen molar-refractivity contribution in [3.8, 4) is 55.9 Å². The first-order valence-electron chi connectivity index (χ1n) is 28.9. The van der Waals surface area contributed by atoms with Gasteiger partial charge in [0.05, 0.1) is 27.8 Å². The molecule has 5 nitrogen and oxygen atoms in total. The highest BCUT2D eigenvalue weighted by Crippen LogP contribution is 2.54. The van der Waals surface area contributed by atoms with Crippen LogP contribution in [0.4, 0.5) is 0 Å². The molecule has 0 bridgehead atoms. The Morgan fingerprint density at radius 1 is 0.422 bits per heavy atom. The van der Waals surface area contributed by atoms with Crippen LogP contribution in [0.5, 0.6) is 0 Å². The summed E-state index contributed by atoms with van der Waals surface area (Å²) in [5, 5.41) is 8.85. The SMILES string of the molecule is CC1(C)C2=CC=C(C3=NC(c4ccc(-c5ccccc5)cc4)=NC(c4ccc(-c5ccccc5)cc4-n4c5cc(-c6ccccc6)ccc5c5c(-c6cccc7c6c6ccccc6n7-c6ccccc6)cccc54)N3)CC2c2ccccc21. The van der Waals surface area contributed by atoms with Crippen LogP contribution in [0.3, 0.4) is 0 Å². The van der Waals surface area contributed by atoms with Gasteiger partial charge < -0.3 is 14.5 Å². The Bertz CT molecular complexity index is 4850. The second-order valence-corrected chi connectivity index (χ2v) is 22.8. The van der Waals surface area contributed by atoms with Crippen LogP contribution in [-0.2, 0) is 5.41 Å². The molecule has 2 atom stereocenters. The minimum absolute atomic E-state index is 0.0632. The van der Waals surface area contributed by atoms with Crippen LogP contribution in [0.15, 0.2) is 300 Å². The van der Waals surface area contributed by atoms with Crippen molar-refractivity contribution in [2.45, 2.75) is 37.8 Å². The molecule has 2 aromatic heterocycles. The maximum absolute atomic E-state index is 5.71. The maximum Gasteiger partial charge on any atom is 0.159 e. The van der Waals surface area contributed by atoms with Gasteiger partial charge in [-0.05, 0) is 110 Å². The highest BCUT2D eigenvalue weighted by molar-refractivity contribution is 6.23. The van der Waals surface area contributed by atoms with Crippen LogP contribution in [0.25, 0.3) is 99.5 Å². The second-order valence-electron chi connectivity index (χ2n) is 22.8. The lowest BCUT2D eigenvalue weighted by Gasteiger charge is -2.30. The molecule has 83 heavy (non-hydrogen) atoms. The van der Waals surface area contributed by atoms with Gasteiger partial charge in [0.25, 0.3) is 0 Å². The van der Waals surface area contributed by atoms with Gasteiger partial charge in [0.1, 0.15) is 12.0 Å². The lowest BCUT2D eigenvalue weighted by molar-refractivity contribution is 0.607. The van der Waals surface area contributed by atoms with Crippen LogP contribution in [0.1, 0.15) is 54.6 Å². The molecule has 0 fully saturated rings. The highest BCUT2D eigenvalue weighted by Gasteiger charge is 2.43. The molecule has 13 aromatic rings. The van der Waals surface area contributed by atoms with E-state index < -0.39 is 6.17 Å². The fourth-order valence-electron chi connectivity index (χ4n) is 13.9. The summed E-state index contributed by atoms with van der Waals surface area (Å²) in [7, 11) is 0. The van der Waals surface area contributed by atoms with Crippen LogP contribution in [-0.4, -0.2) is 20.8 Å². The van der Waals surface area contributed by atoms with Gasteiger partial charge in [0.15, 0.2) is 5.84 Å². The van der Waals surface area contributed by atoms with Crippen LogP contribution < -0.4 is 5.32 Å². The molecule has 0 saturated carbocycles. The first kappa shape index (κ1) is 48.5. The highest BCUT2D eigenvalue weighted by atomic mass is 15.2. The first-order valence-corrected chi connectivity index (χ1v) is 28.9. The Morgan fingerprint density at radius 2 is 0.952 bits per heavy atom. The van der Waals surface area contributed by atoms with Crippen molar-refractivity contribution in [2.75, 3.05) is 0 Å². The zero-order valence-electron chi connectivity index (χ0n) is 46.2. The number of amidine groups is 2. The van der Waals surface area contributed by atoms with E-state index >= 15 is 0 Å². The van der Waals surface area contributed by atoms with Gasteiger partial charge in [-0.15, -0.1) is 0 Å². The average Bonchev–Trinajstić information content (AvgIpc) is 2.05. The van der Waals surface area contributed by atoms with Gasteiger partial charge in [0, 0.05) is 49.7 Å². The van der Waals surface area contributed by atoms with E-state index in [4.69, 9.17) is 9.98 Å². The van der Waals surface area contributed by atoms with E-state index in [-0.39, 0.29) is 11.3 Å². The van der Waals surface area contributed by atoms with Crippen molar-refractivity contribution >= 4 is 55.3 Å². The van der Waals surface area contributed by atoms with Crippen LogP contribution in [0, 0.1) is 0 Å². The molecule has 5 heteroatoms. The fourth-order valence-corrected chi connectivity index (χ4v) is 13.9. The molecule has 3 aliphatic rings. The minimum atomic E-state index is -0.518. The molecule has 11 aromatic carbocycles. The van der Waals surface area contributed by atoms with Gasteiger partial charge in [-0.2, -0.15) is 0 Å². The number of hydrogen-bond donors (Lipinski definition) is 1. The minimum Gasteiger partial charge on any atom is -0.344 e. The molecule has 1 N–H and O–H groups in total. The number of aromatic nitrogens is 2. The van der Waals surface area contributed by atoms with E-state index in [9.17, 15) is 0 Å². The van der Waals surface area contributed by atoms with Crippen LogP contribution in [0.2, 0.25) is 0 Å². The van der Waals surface area contributed by atoms with E-state index in [1.165, 1.54) is 71.5 Å². The molecule has 394 valence electrons. The van der Waals surface area contributed by atoms with E-state index in [2.05, 4.69) is 307 Å². The zero-order chi connectivity index (χ0) is 55.2. The Kier molecular flexibility index (Phi) is 11.4. The lowest BCUT2D eigenvalue weighted by Crippen LogP contribution is -2.35. The summed E-state index contributed by atoms with van der Waals surface area (Å²) >= 11 is 0. The van der Waals surface area contributed by atoms with E-state index in [1.807, 2.05) is 0 Å². The van der Waals surface area contributed by atoms with Crippen molar-refractivity contribution in [1.29, 1.82) is 0 Å². The Balaban J connectivity index is 0.934. The van der Waals surface area contributed by atoms with Gasteiger partial charge in [0.2, 0.25) is 0 Å². The number of fused-ring (bicyclic) bond motifs is 9. The molecule has 2 aliphatic carbocycles. The molecule has 1 aliphatic heterocycles. The van der Waals surface area contributed by atoms with Crippen molar-refractivity contribution in [2.24, 2.45) is 9.98 Å². The lowest BCUT2D eigenvalue weighted by atomic mass is 9.77. The summed E-state index contributed by atoms with van der Waals surface area (Å²) in [5.41, 5.74) is 23.4. The molecule has 0 radical (unpaired) electrons. The van der Waals surface area contributed by atoms with Crippen molar-refractivity contribution in [3.63, 3.8) is 0 Å². The summed E-state index contributed by atoms with van der Waals surface area (Å²) in [6.07, 6.45) is 5.01.